The SMILES string of the molecule is O=C(CNC(=O)c1cccc(Cl)c1)NC1CC2CCC(C1)N2CCCc1ccccc1. The van der Waals surface area contributed by atoms with Crippen molar-refractivity contribution in [1.29, 1.82) is 0 Å². The topological polar surface area (TPSA) is 61.4 Å². The van der Waals surface area contributed by atoms with Gasteiger partial charge in [0.1, 0.15) is 0 Å². The van der Waals surface area contributed by atoms with Crippen molar-refractivity contribution in [2.45, 2.75) is 56.7 Å². The standard InChI is InChI=1S/C25H30ClN3O2/c26-20-10-4-9-19(14-20)25(31)27-17-24(30)28-21-15-22-11-12-23(16-21)29(22)13-5-8-18-6-2-1-3-7-18/h1-4,6-7,9-10,14,21-23H,5,8,11-13,15-17H2,(H,27,31)(H,28,30). The maximum Gasteiger partial charge on any atom is 0.251 e. The van der Waals surface area contributed by atoms with E-state index in [0.29, 0.717) is 22.7 Å². The first kappa shape index (κ1) is 21.8. The summed E-state index contributed by atoms with van der Waals surface area (Å²) < 4.78 is 0. The van der Waals surface area contributed by atoms with Gasteiger partial charge in [-0.1, -0.05) is 48.0 Å². The summed E-state index contributed by atoms with van der Waals surface area (Å²) >= 11 is 5.93. The van der Waals surface area contributed by atoms with Gasteiger partial charge < -0.3 is 10.6 Å². The van der Waals surface area contributed by atoms with Crippen LogP contribution in [0.15, 0.2) is 54.6 Å². The summed E-state index contributed by atoms with van der Waals surface area (Å²) in [6, 6.07) is 18.7. The van der Waals surface area contributed by atoms with E-state index in [4.69, 9.17) is 11.6 Å². The minimum atomic E-state index is -0.286. The second-order valence-corrected chi connectivity index (χ2v) is 9.08. The fourth-order valence-corrected chi connectivity index (χ4v) is 5.23. The Hall–Kier alpha value is -2.37. The summed E-state index contributed by atoms with van der Waals surface area (Å²) in [7, 11) is 0. The van der Waals surface area contributed by atoms with Gasteiger partial charge in [-0.05, 0) is 68.8 Å². The Labute approximate surface area is 189 Å². The number of nitrogens with zero attached hydrogens (tertiary/aromatic N) is 1. The molecule has 2 bridgehead atoms. The van der Waals surface area contributed by atoms with Gasteiger partial charge in [-0.15, -0.1) is 0 Å². The molecule has 0 radical (unpaired) electrons. The molecule has 2 saturated heterocycles. The molecule has 4 rings (SSSR count). The summed E-state index contributed by atoms with van der Waals surface area (Å²) in [5.74, 6) is -0.414. The Morgan fingerprint density at radius 1 is 1.00 bits per heavy atom. The van der Waals surface area contributed by atoms with Gasteiger partial charge in [-0.2, -0.15) is 0 Å². The van der Waals surface area contributed by atoms with Crippen LogP contribution in [0.5, 0.6) is 0 Å². The summed E-state index contributed by atoms with van der Waals surface area (Å²) in [6.45, 7) is 1.11. The number of piperidine rings is 1. The average molecular weight is 440 g/mol. The van der Waals surface area contributed by atoms with Crippen LogP contribution in [-0.2, 0) is 11.2 Å². The van der Waals surface area contributed by atoms with Crippen molar-refractivity contribution in [2.24, 2.45) is 0 Å². The van der Waals surface area contributed by atoms with Gasteiger partial charge in [0.05, 0.1) is 6.54 Å². The third kappa shape index (κ3) is 5.86. The van der Waals surface area contributed by atoms with E-state index in [1.165, 1.54) is 24.8 Å². The maximum absolute atomic E-state index is 12.4. The molecule has 0 aliphatic carbocycles. The highest BCUT2D eigenvalue weighted by molar-refractivity contribution is 6.30. The first-order valence-electron chi connectivity index (χ1n) is 11.2. The molecule has 2 aromatic carbocycles. The number of hydrogen-bond donors (Lipinski definition) is 2. The zero-order valence-corrected chi connectivity index (χ0v) is 18.5. The smallest absolute Gasteiger partial charge is 0.251 e. The highest BCUT2D eigenvalue weighted by atomic mass is 35.5. The zero-order valence-electron chi connectivity index (χ0n) is 17.7. The van der Waals surface area contributed by atoms with Gasteiger partial charge in [0.2, 0.25) is 5.91 Å². The van der Waals surface area contributed by atoms with E-state index >= 15 is 0 Å². The Bertz CT molecular complexity index is 891. The molecule has 2 unspecified atom stereocenters. The number of aryl methyl sites for hydroxylation is 1. The van der Waals surface area contributed by atoms with Gasteiger partial charge in [0, 0.05) is 28.7 Å². The lowest BCUT2D eigenvalue weighted by atomic mass is 9.96. The van der Waals surface area contributed by atoms with Crippen LogP contribution >= 0.6 is 11.6 Å². The molecule has 5 nitrogen and oxygen atoms in total. The zero-order chi connectivity index (χ0) is 21.6. The molecule has 2 aliphatic rings. The Balaban J connectivity index is 1.20. The van der Waals surface area contributed by atoms with Gasteiger partial charge in [0.25, 0.3) is 5.91 Å². The molecule has 2 atom stereocenters. The number of amides is 2. The van der Waals surface area contributed by atoms with Crippen LogP contribution in [0.2, 0.25) is 5.02 Å². The minimum Gasteiger partial charge on any atom is -0.352 e. The summed E-state index contributed by atoms with van der Waals surface area (Å²) in [5, 5.41) is 6.32. The van der Waals surface area contributed by atoms with Gasteiger partial charge in [-0.3, -0.25) is 14.5 Å². The number of hydrogen-bond acceptors (Lipinski definition) is 3. The van der Waals surface area contributed by atoms with Crippen LogP contribution in [0.1, 0.15) is 48.0 Å². The molecular formula is C25H30ClN3O2. The van der Waals surface area contributed by atoms with E-state index in [-0.39, 0.29) is 24.4 Å². The molecule has 2 heterocycles. The van der Waals surface area contributed by atoms with Gasteiger partial charge in [-0.25, -0.2) is 0 Å². The average Bonchev–Trinajstić information content (AvgIpc) is 3.01. The number of benzene rings is 2. The largest absolute Gasteiger partial charge is 0.352 e. The quantitative estimate of drug-likeness (QED) is 0.657. The Kier molecular flexibility index (Phi) is 7.25. The molecule has 164 valence electrons. The van der Waals surface area contributed by atoms with Crippen LogP contribution in [0, 0.1) is 0 Å². The van der Waals surface area contributed by atoms with Crippen molar-refractivity contribution >= 4 is 23.4 Å². The van der Waals surface area contributed by atoms with E-state index in [0.717, 1.165) is 25.8 Å². The van der Waals surface area contributed by atoms with Crippen molar-refractivity contribution < 1.29 is 9.59 Å². The van der Waals surface area contributed by atoms with Crippen molar-refractivity contribution in [3.05, 3.63) is 70.7 Å². The molecule has 2 aliphatic heterocycles. The predicted octanol–water partition coefficient (Wildman–Crippen LogP) is 3.81. The first-order chi connectivity index (χ1) is 15.1. The molecule has 2 fully saturated rings. The van der Waals surface area contributed by atoms with Gasteiger partial charge in [0.15, 0.2) is 0 Å². The normalized spacial score (nSPS) is 22.8. The summed E-state index contributed by atoms with van der Waals surface area (Å²) in [4.78, 5) is 27.2. The second kappa shape index (κ2) is 10.3. The third-order valence-corrected chi connectivity index (χ3v) is 6.71. The van der Waals surface area contributed by atoms with Crippen molar-refractivity contribution in [3.63, 3.8) is 0 Å². The van der Waals surface area contributed by atoms with E-state index in [1.807, 2.05) is 0 Å². The fourth-order valence-electron chi connectivity index (χ4n) is 5.04. The highest BCUT2D eigenvalue weighted by Crippen LogP contribution is 2.35. The van der Waals surface area contributed by atoms with Crippen LogP contribution in [0.4, 0.5) is 0 Å². The summed E-state index contributed by atoms with van der Waals surface area (Å²) in [6.07, 6.45) is 6.71. The highest BCUT2D eigenvalue weighted by Gasteiger charge is 2.40. The van der Waals surface area contributed by atoms with Crippen LogP contribution < -0.4 is 10.6 Å². The lowest BCUT2D eigenvalue weighted by Crippen LogP contribution is -2.52. The molecule has 6 heteroatoms. The molecular weight excluding hydrogens is 410 g/mol. The van der Waals surface area contributed by atoms with E-state index in [2.05, 4.69) is 45.9 Å². The van der Waals surface area contributed by atoms with Crippen molar-refractivity contribution in [3.8, 4) is 0 Å². The number of nitrogens with one attached hydrogen (secondary N) is 2. The number of rotatable bonds is 8. The fraction of sp³-hybridized carbons (Fsp3) is 0.440. The van der Waals surface area contributed by atoms with Crippen molar-refractivity contribution in [2.75, 3.05) is 13.1 Å². The van der Waals surface area contributed by atoms with Crippen LogP contribution in [0.25, 0.3) is 0 Å². The molecule has 0 spiro atoms. The summed E-state index contributed by atoms with van der Waals surface area (Å²) in [5.41, 5.74) is 1.86. The molecule has 2 N–H and O–H groups in total. The van der Waals surface area contributed by atoms with Crippen LogP contribution in [-0.4, -0.2) is 47.9 Å². The van der Waals surface area contributed by atoms with E-state index in [1.54, 1.807) is 24.3 Å². The Morgan fingerprint density at radius 3 is 2.45 bits per heavy atom. The van der Waals surface area contributed by atoms with E-state index in [9.17, 15) is 9.59 Å². The molecule has 31 heavy (non-hydrogen) atoms. The lowest BCUT2D eigenvalue weighted by molar-refractivity contribution is -0.121. The molecule has 0 aromatic heterocycles. The third-order valence-electron chi connectivity index (χ3n) is 6.47. The molecule has 2 amide bonds. The monoisotopic (exact) mass is 439 g/mol. The number of fused-ring (bicyclic) bond motifs is 2. The maximum atomic E-state index is 12.4. The second-order valence-electron chi connectivity index (χ2n) is 8.64. The molecule has 0 saturated carbocycles. The number of carbonyl (C=O) groups is 2. The number of carbonyl (C=O) groups excluding carboxylic acids is 2. The molecule has 2 aromatic rings. The van der Waals surface area contributed by atoms with E-state index < -0.39 is 0 Å². The van der Waals surface area contributed by atoms with Gasteiger partial charge >= 0.3 is 0 Å². The predicted molar refractivity (Wildman–Crippen MR) is 123 cm³/mol. The minimum absolute atomic E-state index is 0.0159. The number of halogens is 1. The van der Waals surface area contributed by atoms with Crippen LogP contribution in [0.3, 0.4) is 0 Å². The van der Waals surface area contributed by atoms with Crippen molar-refractivity contribution in [1.82, 2.24) is 15.5 Å². The first-order valence-corrected chi connectivity index (χ1v) is 11.6. The Morgan fingerprint density at radius 2 is 1.74 bits per heavy atom. The lowest BCUT2D eigenvalue weighted by Gasteiger charge is -2.39.